The van der Waals surface area contributed by atoms with Crippen LogP contribution in [0, 0.1) is 13.8 Å². The molecule has 0 aliphatic carbocycles. The van der Waals surface area contributed by atoms with Gasteiger partial charge >= 0.3 is 0 Å². The molecule has 2 N–H and O–H groups in total. The lowest BCUT2D eigenvalue weighted by atomic mass is 10.00. The van der Waals surface area contributed by atoms with Crippen LogP contribution < -0.4 is 10.9 Å². The van der Waals surface area contributed by atoms with Crippen LogP contribution in [0.4, 0.5) is 0 Å². The largest absolute Gasteiger partial charge is 0.271 e. The molecule has 0 bridgehead atoms. The van der Waals surface area contributed by atoms with Crippen LogP contribution in [-0.4, -0.2) is 23.2 Å². The Kier molecular flexibility index (Phi) is 7.78. The van der Waals surface area contributed by atoms with Crippen molar-refractivity contribution in [1.82, 2.24) is 10.9 Å². The van der Waals surface area contributed by atoms with Gasteiger partial charge in [-0.15, -0.1) is 0 Å². The molecule has 6 nitrogen and oxygen atoms in total. The number of amides is 2. The van der Waals surface area contributed by atoms with Gasteiger partial charge in [-0.25, -0.2) is 10.9 Å². The third kappa shape index (κ3) is 6.18. The van der Waals surface area contributed by atoms with Crippen molar-refractivity contribution < 1.29 is 9.59 Å². The van der Waals surface area contributed by atoms with E-state index in [1.165, 1.54) is 0 Å². The maximum Gasteiger partial charge on any atom is 0.271 e. The molecule has 2 amide bonds. The van der Waals surface area contributed by atoms with E-state index >= 15 is 0 Å². The first-order valence-corrected chi connectivity index (χ1v) is 11.5. The lowest BCUT2D eigenvalue weighted by Gasteiger charge is -2.12. The minimum Gasteiger partial charge on any atom is -0.267 e. The summed E-state index contributed by atoms with van der Waals surface area (Å²) in [5.74, 6) is -0.695. The molecule has 0 unspecified atom stereocenters. The van der Waals surface area contributed by atoms with E-state index in [4.69, 9.17) is 0 Å². The van der Waals surface area contributed by atoms with Crippen LogP contribution in [-0.2, 0) is 0 Å². The molecule has 0 fully saturated rings. The van der Waals surface area contributed by atoms with Crippen LogP contribution in [0.25, 0.3) is 0 Å². The Morgan fingerprint density at radius 3 is 1.14 bits per heavy atom. The van der Waals surface area contributed by atoms with Crippen LogP contribution in [0.3, 0.4) is 0 Å². The average Bonchev–Trinajstić information content (AvgIpc) is 2.92. The summed E-state index contributed by atoms with van der Waals surface area (Å²) >= 11 is 0. The molecule has 0 heterocycles. The van der Waals surface area contributed by atoms with Crippen molar-refractivity contribution in [2.75, 3.05) is 0 Å². The second-order valence-corrected chi connectivity index (χ2v) is 8.27. The Morgan fingerprint density at radius 1 is 0.472 bits per heavy atom. The number of nitrogens with one attached hydrogen (secondary N) is 2. The molecular formula is C30H26N4O2. The van der Waals surface area contributed by atoms with E-state index < -0.39 is 0 Å². The molecule has 0 saturated heterocycles. The highest BCUT2D eigenvalue weighted by molar-refractivity contribution is 6.53. The summed E-state index contributed by atoms with van der Waals surface area (Å²) in [6, 6.07) is 33.2. The third-order valence-electron chi connectivity index (χ3n) is 5.48. The van der Waals surface area contributed by atoms with Crippen molar-refractivity contribution in [3.63, 3.8) is 0 Å². The maximum atomic E-state index is 12.8. The fourth-order valence-electron chi connectivity index (χ4n) is 3.45. The highest BCUT2D eigenvalue weighted by Crippen LogP contribution is 2.11. The lowest BCUT2D eigenvalue weighted by Crippen LogP contribution is -2.28. The van der Waals surface area contributed by atoms with Crippen molar-refractivity contribution in [3.05, 3.63) is 143 Å². The Bertz CT molecular complexity index is 1280. The molecule has 0 aliphatic heterocycles. The lowest BCUT2D eigenvalue weighted by molar-refractivity contribution is 0.0946. The number of nitrogens with zero attached hydrogens (tertiary/aromatic N) is 2. The van der Waals surface area contributed by atoms with Crippen molar-refractivity contribution in [3.8, 4) is 0 Å². The first kappa shape index (κ1) is 24.3. The van der Waals surface area contributed by atoms with Gasteiger partial charge < -0.3 is 0 Å². The number of benzene rings is 4. The predicted molar refractivity (Wildman–Crippen MR) is 143 cm³/mol. The molecule has 0 spiro atoms. The molecule has 0 aliphatic rings. The standard InChI is InChI=1S/C30H26N4O2/c1-21-13-17-25(18-14-21)29(35)33-31-27(23-9-5-3-6-10-23)28(24-11-7-4-8-12-24)32-34-30(36)26-19-15-22(2)16-20-26/h3-20H,1-2H3,(H,33,35)(H,34,36)/b31-27+,32-28+. The fourth-order valence-corrected chi connectivity index (χ4v) is 3.45. The normalized spacial score (nSPS) is 11.6. The third-order valence-corrected chi connectivity index (χ3v) is 5.48. The summed E-state index contributed by atoms with van der Waals surface area (Å²) in [6.07, 6.45) is 0. The van der Waals surface area contributed by atoms with Gasteiger partial charge in [-0.3, -0.25) is 9.59 Å². The summed E-state index contributed by atoms with van der Waals surface area (Å²) in [4.78, 5) is 25.6. The van der Waals surface area contributed by atoms with E-state index in [9.17, 15) is 9.59 Å². The summed E-state index contributed by atoms with van der Waals surface area (Å²) < 4.78 is 0. The van der Waals surface area contributed by atoms with Crippen LogP contribution in [0.2, 0.25) is 0 Å². The van der Waals surface area contributed by atoms with Gasteiger partial charge in [-0.1, -0.05) is 96.1 Å². The highest BCUT2D eigenvalue weighted by atomic mass is 16.2. The molecule has 178 valence electrons. The van der Waals surface area contributed by atoms with Crippen molar-refractivity contribution in [2.24, 2.45) is 10.2 Å². The summed E-state index contributed by atoms with van der Waals surface area (Å²) in [7, 11) is 0. The monoisotopic (exact) mass is 474 g/mol. The minimum absolute atomic E-state index is 0.348. The van der Waals surface area contributed by atoms with Gasteiger partial charge in [0.1, 0.15) is 11.4 Å². The van der Waals surface area contributed by atoms with E-state index in [0.717, 1.165) is 22.3 Å². The summed E-state index contributed by atoms with van der Waals surface area (Å²) in [5.41, 5.74) is 10.7. The van der Waals surface area contributed by atoms with E-state index in [1.54, 1.807) is 24.3 Å². The number of carbonyl (C=O) groups excluding carboxylic acids is 2. The second kappa shape index (κ2) is 11.5. The maximum absolute atomic E-state index is 12.8. The van der Waals surface area contributed by atoms with Gasteiger partial charge in [-0.2, -0.15) is 10.2 Å². The Labute approximate surface area is 210 Å². The van der Waals surface area contributed by atoms with Gasteiger partial charge in [0, 0.05) is 22.3 Å². The van der Waals surface area contributed by atoms with Gasteiger partial charge in [0.2, 0.25) is 0 Å². The van der Waals surface area contributed by atoms with Gasteiger partial charge in [0.05, 0.1) is 0 Å². The van der Waals surface area contributed by atoms with Crippen LogP contribution >= 0.6 is 0 Å². The molecule has 36 heavy (non-hydrogen) atoms. The van der Waals surface area contributed by atoms with Gasteiger partial charge in [-0.05, 0) is 38.1 Å². The Hall–Kier alpha value is -4.84. The minimum atomic E-state index is -0.348. The second-order valence-electron chi connectivity index (χ2n) is 8.27. The smallest absolute Gasteiger partial charge is 0.267 e. The zero-order valence-corrected chi connectivity index (χ0v) is 20.1. The van der Waals surface area contributed by atoms with Crippen LogP contribution in [0.5, 0.6) is 0 Å². The molecule has 6 heteroatoms. The molecule has 0 radical (unpaired) electrons. The van der Waals surface area contributed by atoms with Gasteiger partial charge in [0.15, 0.2) is 0 Å². The summed E-state index contributed by atoms with van der Waals surface area (Å²) in [5, 5.41) is 8.93. The SMILES string of the molecule is Cc1ccc(C(=O)N/N=C(/C(=N/NC(=O)c2ccc(C)cc2)c2ccccc2)c2ccccc2)cc1. The first-order chi connectivity index (χ1) is 17.5. The summed E-state index contributed by atoms with van der Waals surface area (Å²) in [6.45, 7) is 3.92. The van der Waals surface area contributed by atoms with Crippen LogP contribution in [0.1, 0.15) is 43.0 Å². The molecule has 0 aromatic heterocycles. The molecule has 0 saturated carbocycles. The van der Waals surface area contributed by atoms with Crippen molar-refractivity contribution >= 4 is 23.2 Å². The number of hydrazone groups is 2. The average molecular weight is 475 g/mol. The highest BCUT2D eigenvalue weighted by Gasteiger charge is 2.17. The zero-order chi connectivity index (χ0) is 25.3. The number of rotatable bonds is 7. The van der Waals surface area contributed by atoms with Gasteiger partial charge in [0.25, 0.3) is 11.8 Å². The number of hydrogen-bond donors (Lipinski definition) is 2. The predicted octanol–water partition coefficient (Wildman–Crippen LogP) is 5.27. The van der Waals surface area contributed by atoms with Crippen molar-refractivity contribution in [2.45, 2.75) is 13.8 Å². The van der Waals surface area contributed by atoms with E-state index in [-0.39, 0.29) is 11.8 Å². The number of aryl methyl sites for hydroxylation is 2. The van der Waals surface area contributed by atoms with Crippen LogP contribution in [0.15, 0.2) is 119 Å². The molecule has 4 rings (SSSR count). The number of hydrogen-bond acceptors (Lipinski definition) is 4. The molecular weight excluding hydrogens is 448 g/mol. The van der Waals surface area contributed by atoms with E-state index in [2.05, 4.69) is 21.1 Å². The Morgan fingerprint density at radius 2 is 0.806 bits per heavy atom. The van der Waals surface area contributed by atoms with Crippen molar-refractivity contribution in [1.29, 1.82) is 0 Å². The molecule has 4 aromatic carbocycles. The molecule has 0 atom stereocenters. The first-order valence-electron chi connectivity index (χ1n) is 11.5. The Balaban J connectivity index is 1.72. The quantitative estimate of drug-likeness (QED) is 0.282. The topological polar surface area (TPSA) is 82.9 Å². The van der Waals surface area contributed by atoms with E-state index in [0.29, 0.717) is 22.6 Å². The number of carbonyl (C=O) groups is 2. The zero-order valence-electron chi connectivity index (χ0n) is 20.1. The van der Waals surface area contributed by atoms with E-state index in [1.807, 2.05) is 98.8 Å². The molecule has 4 aromatic rings. The fraction of sp³-hybridized carbons (Fsp3) is 0.0667.